The molecule has 0 fully saturated rings. The molecule has 0 aromatic carbocycles. The number of carbonyl (C=O) groups excluding carboxylic acids is 2. The van der Waals surface area contributed by atoms with Crippen molar-refractivity contribution in [2.75, 3.05) is 5.75 Å². The molecule has 0 aliphatic carbocycles. The molecule has 0 aromatic heterocycles. The third-order valence-corrected chi connectivity index (χ3v) is 2.68. The fourth-order valence-corrected chi connectivity index (χ4v) is 1.86. The number of hydrogen-bond acceptors (Lipinski definition) is 5. The van der Waals surface area contributed by atoms with Crippen molar-refractivity contribution in [2.24, 2.45) is 5.41 Å². The van der Waals surface area contributed by atoms with E-state index in [4.69, 9.17) is 4.55 Å². The predicted molar refractivity (Wildman–Crippen MR) is 51.6 cm³/mol. The minimum Gasteiger partial charge on any atom is -0.393 e. The van der Waals surface area contributed by atoms with E-state index in [2.05, 4.69) is 4.74 Å². The molecular weight excluding hydrogens is 224 g/mol. The number of carbonyl (C=O) groups is 2. The summed E-state index contributed by atoms with van der Waals surface area (Å²) in [7, 11) is -4.28. The maximum absolute atomic E-state index is 11.3. The summed E-state index contributed by atoms with van der Waals surface area (Å²) in [5, 5.41) is 0. The van der Waals surface area contributed by atoms with Crippen LogP contribution in [0.1, 0.15) is 27.2 Å². The van der Waals surface area contributed by atoms with Gasteiger partial charge < -0.3 is 4.74 Å². The van der Waals surface area contributed by atoms with Crippen LogP contribution in [0.4, 0.5) is 0 Å². The van der Waals surface area contributed by atoms with Crippen LogP contribution in [0.15, 0.2) is 0 Å². The average molecular weight is 238 g/mol. The number of ether oxygens (including phenoxy) is 1. The third kappa shape index (κ3) is 5.48. The van der Waals surface area contributed by atoms with Gasteiger partial charge in [-0.15, -0.1) is 0 Å². The van der Waals surface area contributed by atoms with Gasteiger partial charge in [0, 0.05) is 6.42 Å². The van der Waals surface area contributed by atoms with Crippen molar-refractivity contribution in [1.82, 2.24) is 0 Å². The second-order valence-electron chi connectivity index (χ2n) is 3.73. The van der Waals surface area contributed by atoms with E-state index in [1.807, 2.05) is 0 Å². The van der Waals surface area contributed by atoms with Gasteiger partial charge in [0.05, 0.1) is 11.2 Å². The molecule has 0 saturated carbocycles. The molecule has 0 heterocycles. The Bertz CT molecular complexity index is 353. The van der Waals surface area contributed by atoms with Crippen molar-refractivity contribution in [2.45, 2.75) is 27.2 Å². The van der Waals surface area contributed by atoms with E-state index in [-0.39, 0.29) is 6.42 Å². The van der Waals surface area contributed by atoms with Crippen molar-refractivity contribution in [3.63, 3.8) is 0 Å². The molecule has 0 bridgehead atoms. The summed E-state index contributed by atoms with van der Waals surface area (Å²) >= 11 is 0. The van der Waals surface area contributed by atoms with E-state index in [1.165, 1.54) is 20.8 Å². The van der Waals surface area contributed by atoms with Gasteiger partial charge in [0.2, 0.25) is 0 Å². The van der Waals surface area contributed by atoms with Crippen LogP contribution < -0.4 is 0 Å². The van der Waals surface area contributed by atoms with Gasteiger partial charge in [-0.2, -0.15) is 8.42 Å². The fourth-order valence-electron chi connectivity index (χ4n) is 0.829. The molecule has 88 valence electrons. The van der Waals surface area contributed by atoms with Gasteiger partial charge in [-0.05, 0) is 13.8 Å². The second kappa shape index (κ2) is 4.71. The van der Waals surface area contributed by atoms with Crippen LogP contribution in [-0.2, 0) is 24.4 Å². The van der Waals surface area contributed by atoms with Gasteiger partial charge >= 0.3 is 11.9 Å². The molecule has 0 rings (SSSR count). The quantitative estimate of drug-likeness (QED) is 0.432. The molecule has 0 radical (unpaired) electrons. The van der Waals surface area contributed by atoms with Crippen molar-refractivity contribution >= 4 is 22.1 Å². The molecule has 0 atom stereocenters. The second-order valence-corrected chi connectivity index (χ2v) is 5.18. The first-order valence-corrected chi connectivity index (χ1v) is 5.89. The summed E-state index contributed by atoms with van der Waals surface area (Å²) < 4.78 is 34.1. The molecule has 0 amide bonds. The highest BCUT2D eigenvalue weighted by Gasteiger charge is 2.35. The highest BCUT2D eigenvalue weighted by Crippen LogP contribution is 2.19. The summed E-state index contributed by atoms with van der Waals surface area (Å²) in [5.74, 6) is -2.48. The summed E-state index contributed by atoms with van der Waals surface area (Å²) in [5.41, 5.74) is -1.45. The maximum Gasteiger partial charge on any atom is 0.320 e. The van der Waals surface area contributed by atoms with E-state index in [0.717, 1.165) is 0 Å². The first-order valence-electron chi connectivity index (χ1n) is 4.29. The van der Waals surface area contributed by atoms with Crippen LogP contribution in [0, 0.1) is 5.41 Å². The summed E-state index contributed by atoms with van der Waals surface area (Å²) in [4.78, 5) is 22.1. The van der Waals surface area contributed by atoms with Crippen LogP contribution in [0.5, 0.6) is 0 Å². The van der Waals surface area contributed by atoms with Gasteiger partial charge in [0.25, 0.3) is 10.1 Å². The van der Waals surface area contributed by atoms with Crippen LogP contribution >= 0.6 is 0 Å². The molecule has 0 saturated heterocycles. The molecule has 0 spiro atoms. The highest BCUT2D eigenvalue weighted by atomic mass is 32.2. The van der Waals surface area contributed by atoms with Crippen LogP contribution in [-0.4, -0.2) is 30.7 Å². The Morgan fingerprint density at radius 3 is 2.13 bits per heavy atom. The molecular formula is C8H14O6S. The highest BCUT2D eigenvalue weighted by molar-refractivity contribution is 7.85. The zero-order valence-corrected chi connectivity index (χ0v) is 9.63. The van der Waals surface area contributed by atoms with Gasteiger partial charge in [-0.1, -0.05) is 6.92 Å². The fraction of sp³-hybridized carbons (Fsp3) is 0.750. The smallest absolute Gasteiger partial charge is 0.320 e. The lowest BCUT2D eigenvalue weighted by Crippen LogP contribution is -2.35. The minimum absolute atomic E-state index is 0.0215. The molecule has 0 aromatic rings. The lowest BCUT2D eigenvalue weighted by atomic mass is 9.97. The Balaban J connectivity index is 4.60. The third-order valence-electron chi connectivity index (χ3n) is 1.59. The van der Waals surface area contributed by atoms with Gasteiger partial charge in [0.1, 0.15) is 0 Å². The molecule has 15 heavy (non-hydrogen) atoms. The zero-order valence-electron chi connectivity index (χ0n) is 8.81. The topological polar surface area (TPSA) is 97.7 Å². The Labute approximate surface area is 88.4 Å². The molecule has 0 aliphatic heterocycles. The Morgan fingerprint density at radius 2 is 1.80 bits per heavy atom. The summed E-state index contributed by atoms with van der Waals surface area (Å²) in [6.45, 7) is 4.05. The van der Waals surface area contributed by atoms with Crippen LogP contribution in [0.3, 0.4) is 0 Å². The Morgan fingerprint density at radius 1 is 1.33 bits per heavy atom. The van der Waals surface area contributed by atoms with E-state index in [0.29, 0.717) is 0 Å². The summed E-state index contributed by atoms with van der Waals surface area (Å²) in [6.07, 6.45) is 0.0215. The maximum atomic E-state index is 11.3. The number of rotatable bonds is 4. The average Bonchev–Trinajstić information content (AvgIpc) is 1.99. The lowest BCUT2D eigenvalue weighted by Gasteiger charge is -2.19. The van der Waals surface area contributed by atoms with Crippen molar-refractivity contribution in [1.29, 1.82) is 0 Å². The van der Waals surface area contributed by atoms with Gasteiger partial charge in [0.15, 0.2) is 0 Å². The lowest BCUT2D eigenvalue weighted by molar-refractivity contribution is -0.165. The van der Waals surface area contributed by atoms with Crippen molar-refractivity contribution in [3.05, 3.63) is 0 Å². The minimum atomic E-state index is -4.28. The van der Waals surface area contributed by atoms with Gasteiger partial charge in [-0.25, -0.2) is 0 Å². The number of hydrogen-bond donors (Lipinski definition) is 1. The normalized spacial score (nSPS) is 12.3. The largest absolute Gasteiger partial charge is 0.393 e. The zero-order chi connectivity index (χ0) is 12.3. The SMILES string of the molecule is CCC(=O)OC(=O)C(C)(C)CS(=O)(=O)O. The first-order chi connectivity index (χ1) is 6.58. The van der Waals surface area contributed by atoms with E-state index in [1.54, 1.807) is 0 Å². The van der Waals surface area contributed by atoms with E-state index >= 15 is 0 Å². The van der Waals surface area contributed by atoms with Crippen LogP contribution in [0.25, 0.3) is 0 Å². The predicted octanol–water partition coefficient (Wildman–Crippen LogP) is 0.380. The van der Waals surface area contributed by atoms with E-state index in [9.17, 15) is 18.0 Å². The molecule has 0 unspecified atom stereocenters. The van der Waals surface area contributed by atoms with Gasteiger partial charge in [-0.3, -0.25) is 14.1 Å². The molecule has 7 heteroatoms. The van der Waals surface area contributed by atoms with Crippen molar-refractivity contribution in [3.8, 4) is 0 Å². The summed E-state index contributed by atoms with van der Waals surface area (Å²) in [6, 6.07) is 0. The number of esters is 2. The first kappa shape index (κ1) is 14.1. The molecule has 6 nitrogen and oxygen atoms in total. The monoisotopic (exact) mass is 238 g/mol. The van der Waals surface area contributed by atoms with E-state index < -0.39 is 33.2 Å². The van der Waals surface area contributed by atoms with Crippen molar-refractivity contribution < 1.29 is 27.3 Å². The Hall–Kier alpha value is -0.950. The molecule has 1 N–H and O–H groups in total. The van der Waals surface area contributed by atoms with Crippen LogP contribution in [0.2, 0.25) is 0 Å². The Kier molecular flexibility index (Phi) is 4.42. The molecule has 0 aliphatic rings. The standard InChI is InChI=1S/C8H14O6S/c1-4-6(9)14-7(10)8(2,3)5-15(11,12)13/h4-5H2,1-3H3,(H,11,12,13).